The van der Waals surface area contributed by atoms with Crippen LogP contribution in [0, 0.1) is 0 Å². The van der Waals surface area contributed by atoms with Crippen LogP contribution in [0.1, 0.15) is 20.3 Å². The Hall–Kier alpha value is 0.137. The van der Waals surface area contributed by atoms with Crippen LogP contribution in [-0.2, 0) is 8.85 Å². The third-order valence-electron chi connectivity index (χ3n) is 0.719. The highest BCUT2D eigenvalue weighted by Crippen LogP contribution is 1.77. The molecule has 0 spiro atoms. The summed E-state index contributed by atoms with van der Waals surface area (Å²) in [5.41, 5.74) is 0. The Morgan fingerprint density at radius 1 is 1.25 bits per heavy atom. The van der Waals surface area contributed by atoms with Crippen molar-refractivity contribution in [2.24, 2.45) is 0 Å². The predicted octanol–water partition coefficient (Wildman–Crippen LogP) is 0.448. The summed E-state index contributed by atoms with van der Waals surface area (Å²) in [5, 5.41) is 0. The molecular weight excluding hydrogens is 120 g/mol. The van der Waals surface area contributed by atoms with Gasteiger partial charge in [-0.2, -0.15) is 0 Å². The summed E-state index contributed by atoms with van der Waals surface area (Å²) in [7, 11) is -0.600. The van der Waals surface area contributed by atoms with Gasteiger partial charge in [-0.15, -0.1) is 0 Å². The monoisotopic (exact) mass is 134 g/mol. The van der Waals surface area contributed by atoms with E-state index in [4.69, 9.17) is 8.85 Å². The maximum absolute atomic E-state index is 5.14. The molecule has 0 aliphatic carbocycles. The lowest BCUT2D eigenvalue weighted by Gasteiger charge is -1.98. The Labute approximate surface area is 53.2 Å². The van der Waals surface area contributed by atoms with Crippen LogP contribution in [0.3, 0.4) is 0 Å². The van der Waals surface area contributed by atoms with Crippen LogP contribution in [0.15, 0.2) is 0 Å². The fourth-order valence-corrected chi connectivity index (χ4v) is 1.04. The van der Waals surface area contributed by atoms with Gasteiger partial charge in [0.15, 0.2) is 0 Å². The van der Waals surface area contributed by atoms with Crippen LogP contribution in [0.4, 0.5) is 0 Å². The Kier molecular flexibility index (Phi) is 7.26. The lowest BCUT2D eigenvalue weighted by atomic mass is 10.5. The average Bonchev–Trinajstić information content (AvgIpc) is 1.81. The first-order valence-electron chi connectivity index (χ1n) is 3.07. The van der Waals surface area contributed by atoms with E-state index in [-0.39, 0.29) is 0 Å². The van der Waals surface area contributed by atoms with E-state index in [9.17, 15) is 0 Å². The van der Waals surface area contributed by atoms with E-state index in [2.05, 4.69) is 6.92 Å². The van der Waals surface area contributed by atoms with E-state index >= 15 is 0 Å². The van der Waals surface area contributed by atoms with Crippen LogP contribution in [0.25, 0.3) is 0 Å². The molecule has 3 heteroatoms. The molecular formula is C5H14O2Si. The van der Waals surface area contributed by atoms with Crippen molar-refractivity contribution in [3.63, 3.8) is 0 Å². The molecule has 2 nitrogen and oxygen atoms in total. The molecule has 0 aromatic carbocycles. The van der Waals surface area contributed by atoms with E-state index in [0.717, 1.165) is 19.6 Å². The van der Waals surface area contributed by atoms with Crippen molar-refractivity contribution in [1.29, 1.82) is 0 Å². The average molecular weight is 134 g/mol. The van der Waals surface area contributed by atoms with Crippen LogP contribution < -0.4 is 0 Å². The van der Waals surface area contributed by atoms with Gasteiger partial charge in [0, 0.05) is 13.2 Å². The van der Waals surface area contributed by atoms with E-state index in [1.807, 2.05) is 6.92 Å². The lowest BCUT2D eigenvalue weighted by molar-refractivity contribution is 0.231. The molecule has 0 unspecified atom stereocenters. The predicted molar refractivity (Wildman–Crippen MR) is 36.4 cm³/mol. The summed E-state index contributed by atoms with van der Waals surface area (Å²) in [6, 6.07) is 0. The molecule has 0 saturated carbocycles. The van der Waals surface area contributed by atoms with Crippen molar-refractivity contribution in [3.05, 3.63) is 0 Å². The van der Waals surface area contributed by atoms with Crippen molar-refractivity contribution >= 4 is 10.0 Å². The molecule has 0 aromatic rings. The van der Waals surface area contributed by atoms with Gasteiger partial charge in [0.25, 0.3) is 0 Å². The smallest absolute Gasteiger partial charge is 0.304 e. The van der Waals surface area contributed by atoms with Crippen molar-refractivity contribution in [2.75, 3.05) is 13.2 Å². The second-order valence-corrected chi connectivity index (χ2v) is 2.57. The largest absolute Gasteiger partial charge is 0.399 e. The summed E-state index contributed by atoms with van der Waals surface area (Å²) >= 11 is 0. The molecule has 0 rings (SSSR count). The summed E-state index contributed by atoms with van der Waals surface area (Å²) in [4.78, 5) is 0. The molecule has 0 aliphatic heterocycles. The molecule has 0 radical (unpaired) electrons. The SMILES string of the molecule is CCCO[SiH2]OCC. The minimum Gasteiger partial charge on any atom is -0.399 e. The van der Waals surface area contributed by atoms with Gasteiger partial charge >= 0.3 is 10.0 Å². The highest BCUT2D eigenvalue weighted by atomic mass is 28.3. The zero-order valence-corrected chi connectivity index (χ0v) is 7.06. The minimum atomic E-state index is -0.600. The lowest BCUT2D eigenvalue weighted by Crippen LogP contribution is -2.04. The Morgan fingerprint density at radius 2 is 2.00 bits per heavy atom. The summed E-state index contributed by atoms with van der Waals surface area (Å²) in [6.45, 7) is 5.75. The molecule has 0 N–H and O–H groups in total. The van der Waals surface area contributed by atoms with Crippen LogP contribution in [0.5, 0.6) is 0 Å². The van der Waals surface area contributed by atoms with Gasteiger partial charge in [0.1, 0.15) is 0 Å². The number of rotatable bonds is 5. The standard InChI is InChI=1S/C5H14O2Si/c1-3-5-7-8-6-4-2/h3-5,8H2,1-2H3. The van der Waals surface area contributed by atoms with Gasteiger partial charge in [0.2, 0.25) is 0 Å². The minimum absolute atomic E-state index is 0.600. The normalized spacial score (nSPS) is 11.2. The molecule has 50 valence electrons. The van der Waals surface area contributed by atoms with Crippen molar-refractivity contribution in [2.45, 2.75) is 20.3 Å². The molecule has 0 heterocycles. The van der Waals surface area contributed by atoms with E-state index < -0.39 is 10.0 Å². The molecule has 0 saturated heterocycles. The van der Waals surface area contributed by atoms with Crippen molar-refractivity contribution in [1.82, 2.24) is 0 Å². The van der Waals surface area contributed by atoms with Crippen LogP contribution in [-0.4, -0.2) is 23.2 Å². The third-order valence-corrected chi connectivity index (χ3v) is 1.75. The highest BCUT2D eigenvalue weighted by molar-refractivity contribution is 6.17. The zero-order chi connectivity index (χ0) is 6.24. The van der Waals surface area contributed by atoms with Crippen molar-refractivity contribution < 1.29 is 8.85 Å². The van der Waals surface area contributed by atoms with E-state index in [0.29, 0.717) is 0 Å². The van der Waals surface area contributed by atoms with E-state index in [1.165, 1.54) is 0 Å². The number of hydrogen-bond donors (Lipinski definition) is 0. The number of hydrogen-bond acceptors (Lipinski definition) is 2. The maximum Gasteiger partial charge on any atom is 0.304 e. The molecule has 0 amide bonds. The zero-order valence-electron chi connectivity index (χ0n) is 5.64. The first kappa shape index (κ1) is 8.14. The first-order chi connectivity index (χ1) is 3.91. The third kappa shape index (κ3) is 6.14. The topological polar surface area (TPSA) is 18.5 Å². The van der Waals surface area contributed by atoms with Gasteiger partial charge in [0.05, 0.1) is 0 Å². The van der Waals surface area contributed by atoms with Gasteiger partial charge in [-0.1, -0.05) is 6.92 Å². The Bertz CT molecular complexity index is 35.4. The van der Waals surface area contributed by atoms with Gasteiger partial charge in [-0.25, -0.2) is 0 Å². The summed E-state index contributed by atoms with van der Waals surface area (Å²) < 4.78 is 10.2. The van der Waals surface area contributed by atoms with Crippen LogP contribution in [0.2, 0.25) is 0 Å². The van der Waals surface area contributed by atoms with Crippen molar-refractivity contribution in [3.8, 4) is 0 Å². The van der Waals surface area contributed by atoms with E-state index in [1.54, 1.807) is 0 Å². The quantitative estimate of drug-likeness (QED) is 0.401. The fourth-order valence-electron chi connectivity index (χ4n) is 0.346. The maximum atomic E-state index is 5.14. The summed E-state index contributed by atoms with van der Waals surface area (Å²) in [6.07, 6.45) is 1.10. The molecule has 0 fully saturated rings. The van der Waals surface area contributed by atoms with Gasteiger partial charge < -0.3 is 8.85 Å². The molecule has 0 aromatic heterocycles. The second kappa shape index (κ2) is 7.14. The molecule has 0 bridgehead atoms. The molecule has 0 atom stereocenters. The Morgan fingerprint density at radius 3 is 2.50 bits per heavy atom. The molecule has 8 heavy (non-hydrogen) atoms. The van der Waals surface area contributed by atoms with Gasteiger partial charge in [-0.05, 0) is 13.3 Å². The molecule has 0 aliphatic rings. The Balaban J connectivity index is 2.53. The first-order valence-corrected chi connectivity index (χ1v) is 4.22. The second-order valence-electron chi connectivity index (χ2n) is 1.52. The van der Waals surface area contributed by atoms with Crippen LogP contribution >= 0.6 is 0 Å². The highest BCUT2D eigenvalue weighted by Gasteiger charge is 1.82. The summed E-state index contributed by atoms with van der Waals surface area (Å²) in [5.74, 6) is 0. The van der Waals surface area contributed by atoms with Gasteiger partial charge in [-0.3, -0.25) is 0 Å². The fraction of sp³-hybridized carbons (Fsp3) is 1.00.